The molecule has 0 atom stereocenters. The molecule has 0 fully saturated rings. The van der Waals surface area contributed by atoms with E-state index in [2.05, 4.69) is 0 Å². The molecule has 0 aromatic rings. The van der Waals surface area contributed by atoms with Crippen LogP contribution in [0.15, 0.2) is 11.4 Å². The predicted octanol–water partition coefficient (Wildman–Crippen LogP) is 4.42. The van der Waals surface area contributed by atoms with E-state index in [0.29, 0.717) is 5.31 Å². The van der Waals surface area contributed by atoms with Crippen LogP contribution < -0.4 is 0 Å². The van der Waals surface area contributed by atoms with Crippen molar-refractivity contribution in [3.05, 3.63) is 11.4 Å². The Hall–Kier alpha value is 0.0400. The Morgan fingerprint density at radius 3 is 1.55 bits per heavy atom. The largest absolute Gasteiger partial charge is 0.357 e. The Bertz CT molecular complexity index is 373. The Morgan fingerprint density at radius 1 is 0.850 bits per heavy atom. The van der Waals surface area contributed by atoms with Gasteiger partial charge >= 0.3 is 15.2 Å². The van der Waals surface area contributed by atoms with E-state index >= 15 is 0 Å². The van der Waals surface area contributed by atoms with Crippen molar-refractivity contribution < 1.29 is 27.2 Å². The highest BCUT2D eigenvalue weighted by Gasteiger charge is 2.36. The predicted molar refractivity (Wildman–Crippen MR) is 80.3 cm³/mol. The first-order valence-electron chi connectivity index (χ1n) is 6.84. The van der Waals surface area contributed by atoms with Gasteiger partial charge in [0.25, 0.3) is 0 Å². The van der Waals surface area contributed by atoms with Crippen LogP contribution in [0.2, 0.25) is 0 Å². The van der Waals surface area contributed by atoms with E-state index in [4.69, 9.17) is 18.1 Å². The lowest BCUT2D eigenvalue weighted by molar-refractivity contribution is 0.216. The van der Waals surface area contributed by atoms with Crippen LogP contribution in [0.1, 0.15) is 34.6 Å². The molecule has 0 rings (SSSR count). The van der Waals surface area contributed by atoms with Crippen molar-refractivity contribution in [2.45, 2.75) is 34.6 Å². The molecule has 0 radical (unpaired) electrons. The van der Waals surface area contributed by atoms with Gasteiger partial charge in [-0.2, -0.15) is 0 Å². The summed E-state index contributed by atoms with van der Waals surface area (Å²) >= 11 is 0. The van der Waals surface area contributed by atoms with E-state index in [0.717, 1.165) is 0 Å². The van der Waals surface area contributed by atoms with Gasteiger partial charge in [0, 0.05) is 5.31 Å². The van der Waals surface area contributed by atoms with Crippen LogP contribution in [-0.2, 0) is 27.2 Å². The number of allylic oxidation sites excluding steroid dienone is 2. The van der Waals surface area contributed by atoms with Crippen LogP contribution in [0.25, 0.3) is 0 Å². The van der Waals surface area contributed by atoms with Gasteiger partial charge in [-0.1, -0.05) is 6.08 Å². The van der Waals surface area contributed by atoms with Gasteiger partial charge in [0.15, 0.2) is 0 Å². The van der Waals surface area contributed by atoms with Crippen molar-refractivity contribution in [3.8, 4) is 0 Å². The quantitative estimate of drug-likeness (QED) is 0.523. The molecule has 0 saturated carbocycles. The summed E-state index contributed by atoms with van der Waals surface area (Å²) in [6, 6.07) is 0. The molecule has 0 N–H and O–H groups in total. The normalized spacial score (nSPS) is 13.8. The molecular weight excluding hydrogens is 302 g/mol. The van der Waals surface area contributed by atoms with Gasteiger partial charge in [0.1, 0.15) is 0 Å². The van der Waals surface area contributed by atoms with Crippen molar-refractivity contribution in [2.24, 2.45) is 0 Å². The molecule has 0 amide bonds. The monoisotopic (exact) mass is 328 g/mol. The highest BCUT2D eigenvalue weighted by Crippen LogP contribution is 2.62. The standard InChI is InChI=1S/C12H26O6P2/c1-6-12(20(14,17-9-4)18-10-5)11-19(13,15-7-2)16-8-3/h6H,7-11H2,1-5H3/b12-6-. The van der Waals surface area contributed by atoms with Crippen LogP contribution in [-0.4, -0.2) is 32.6 Å². The minimum absolute atomic E-state index is 0.0948. The number of hydrogen-bond donors (Lipinski definition) is 0. The van der Waals surface area contributed by atoms with Crippen molar-refractivity contribution in [2.75, 3.05) is 32.6 Å². The molecule has 0 aliphatic heterocycles. The molecule has 8 heteroatoms. The van der Waals surface area contributed by atoms with E-state index < -0.39 is 15.2 Å². The van der Waals surface area contributed by atoms with Crippen LogP contribution in [0.4, 0.5) is 0 Å². The summed E-state index contributed by atoms with van der Waals surface area (Å²) in [5, 5.41) is 0.325. The number of rotatable bonds is 11. The molecule has 0 saturated heterocycles. The fraction of sp³-hybridized carbons (Fsp3) is 0.833. The first-order chi connectivity index (χ1) is 9.41. The summed E-state index contributed by atoms with van der Waals surface area (Å²) in [4.78, 5) is 0. The lowest BCUT2D eigenvalue weighted by atomic mass is 10.6. The van der Waals surface area contributed by atoms with Gasteiger partial charge in [-0.15, -0.1) is 0 Å². The third kappa shape index (κ3) is 6.21. The molecule has 0 aromatic carbocycles. The molecule has 20 heavy (non-hydrogen) atoms. The average molecular weight is 328 g/mol. The Labute approximate surface area is 121 Å². The maximum atomic E-state index is 12.7. The second-order valence-corrected chi connectivity index (χ2v) is 7.86. The Morgan fingerprint density at radius 2 is 1.25 bits per heavy atom. The Kier molecular flexibility index (Phi) is 9.90. The van der Waals surface area contributed by atoms with Crippen LogP contribution in [0, 0.1) is 0 Å². The summed E-state index contributed by atoms with van der Waals surface area (Å²) < 4.78 is 46.1. The zero-order valence-electron chi connectivity index (χ0n) is 13.0. The fourth-order valence-electron chi connectivity index (χ4n) is 1.60. The van der Waals surface area contributed by atoms with Gasteiger partial charge in [-0.25, -0.2) is 0 Å². The molecule has 0 unspecified atom stereocenters. The summed E-state index contributed by atoms with van der Waals surface area (Å²) in [6.45, 7) is 9.58. The zero-order chi connectivity index (χ0) is 15.6. The van der Waals surface area contributed by atoms with Gasteiger partial charge in [0.05, 0.1) is 32.6 Å². The van der Waals surface area contributed by atoms with E-state index in [-0.39, 0.29) is 32.6 Å². The average Bonchev–Trinajstić information content (AvgIpc) is 2.37. The summed E-state index contributed by atoms with van der Waals surface area (Å²) in [5.74, 6) is 0. The topological polar surface area (TPSA) is 71.1 Å². The molecule has 0 spiro atoms. The first kappa shape index (κ1) is 20.0. The van der Waals surface area contributed by atoms with Crippen LogP contribution >= 0.6 is 15.2 Å². The third-order valence-electron chi connectivity index (χ3n) is 2.29. The van der Waals surface area contributed by atoms with Gasteiger partial charge in [-0.05, 0) is 34.6 Å². The molecule has 0 aliphatic carbocycles. The highest BCUT2D eigenvalue weighted by molar-refractivity contribution is 7.61. The zero-order valence-corrected chi connectivity index (χ0v) is 14.7. The third-order valence-corrected chi connectivity index (χ3v) is 6.89. The fourth-order valence-corrected chi connectivity index (χ4v) is 5.84. The lowest BCUT2D eigenvalue weighted by Crippen LogP contribution is -2.06. The van der Waals surface area contributed by atoms with E-state index in [1.165, 1.54) is 0 Å². The summed E-state index contributed by atoms with van der Waals surface area (Å²) in [6.07, 6.45) is 1.50. The maximum absolute atomic E-state index is 12.7. The van der Waals surface area contributed by atoms with E-state index in [1.807, 2.05) is 0 Å². The summed E-state index contributed by atoms with van der Waals surface area (Å²) in [5.41, 5.74) is 0. The lowest BCUT2D eigenvalue weighted by Gasteiger charge is -2.23. The molecular formula is C12H26O6P2. The minimum atomic E-state index is -3.44. The Balaban J connectivity index is 5.25. The SMILES string of the molecule is C/C=C(/CP(=O)(OCC)OCC)P(=O)(OCC)OCC. The second kappa shape index (κ2) is 9.88. The molecule has 0 aromatic heterocycles. The van der Waals surface area contributed by atoms with Crippen LogP contribution in [0.5, 0.6) is 0 Å². The summed E-state index contributed by atoms with van der Waals surface area (Å²) in [7, 11) is -6.78. The van der Waals surface area contributed by atoms with Crippen LogP contribution in [0.3, 0.4) is 0 Å². The van der Waals surface area contributed by atoms with E-state index in [9.17, 15) is 9.13 Å². The van der Waals surface area contributed by atoms with Crippen molar-refractivity contribution >= 4 is 15.2 Å². The molecule has 0 heterocycles. The maximum Gasteiger partial charge on any atom is 0.357 e. The molecule has 6 nitrogen and oxygen atoms in total. The molecule has 120 valence electrons. The van der Waals surface area contributed by atoms with Gasteiger partial charge in [0.2, 0.25) is 0 Å². The van der Waals surface area contributed by atoms with E-state index in [1.54, 1.807) is 40.7 Å². The smallest absolute Gasteiger partial charge is 0.309 e. The minimum Gasteiger partial charge on any atom is -0.309 e. The second-order valence-electron chi connectivity index (χ2n) is 3.72. The van der Waals surface area contributed by atoms with Gasteiger partial charge < -0.3 is 18.1 Å². The van der Waals surface area contributed by atoms with Crippen molar-refractivity contribution in [3.63, 3.8) is 0 Å². The van der Waals surface area contributed by atoms with Crippen molar-refractivity contribution in [1.29, 1.82) is 0 Å². The first-order valence-corrected chi connectivity index (χ1v) is 10.1. The van der Waals surface area contributed by atoms with Crippen molar-refractivity contribution in [1.82, 2.24) is 0 Å². The molecule has 0 bridgehead atoms. The highest BCUT2D eigenvalue weighted by atomic mass is 31.2. The molecule has 0 aliphatic rings. The number of hydrogen-bond acceptors (Lipinski definition) is 6. The van der Waals surface area contributed by atoms with Gasteiger partial charge in [-0.3, -0.25) is 9.13 Å².